The van der Waals surface area contributed by atoms with Gasteiger partial charge in [-0.2, -0.15) is 0 Å². The van der Waals surface area contributed by atoms with Gasteiger partial charge < -0.3 is 15.2 Å². The quantitative estimate of drug-likeness (QED) is 0.543. The van der Waals surface area contributed by atoms with Gasteiger partial charge in [-0.25, -0.2) is 0 Å². The van der Waals surface area contributed by atoms with Crippen molar-refractivity contribution in [1.82, 2.24) is 5.32 Å². The van der Waals surface area contributed by atoms with E-state index in [-0.39, 0.29) is 5.91 Å². The molecule has 5 heteroatoms. The number of nitrogens with one attached hydrogen (secondary N) is 1. The maximum absolute atomic E-state index is 12.0. The molecule has 19 heavy (non-hydrogen) atoms. The molecule has 0 radical (unpaired) electrons. The van der Waals surface area contributed by atoms with E-state index in [0.717, 1.165) is 18.4 Å². The zero-order valence-electron chi connectivity index (χ0n) is 11.5. The lowest BCUT2D eigenvalue weighted by atomic mass is 9.79. The van der Waals surface area contributed by atoms with Crippen molar-refractivity contribution < 1.29 is 19.4 Å². The van der Waals surface area contributed by atoms with Gasteiger partial charge in [0.15, 0.2) is 0 Å². The first kappa shape index (κ1) is 15.7. The Kier molecular flexibility index (Phi) is 6.56. The Bertz CT molecular complexity index is 340. The number of carbonyl (C=O) groups is 2. The van der Waals surface area contributed by atoms with Crippen LogP contribution in [0.4, 0.5) is 0 Å². The van der Waals surface area contributed by atoms with Gasteiger partial charge in [0.25, 0.3) is 0 Å². The first-order valence-corrected chi connectivity index (χ1v) is 6.75. The number of carbonyl (C=O) groups excluding carboxylic acids is 1. The Hall–Kier alpha value is -1.36. The summed E-state index contributed by atoms with van der Waals surface area (Å²) in [6, 6.07) is 0. The second kappa shape index (κ2) is 7.94. The standard InChI is InChI=1S/C14H23NO4/c1-10(2)9-19-8-7-15-13(16)11-5-3-4-6-12(11)14(17)18/h11-12H,1,3-9H2,2H3,(H,15,16)(H,17,18)/t11-,12+/m1/s1. The van der Waals surface area contributed by atoms with E-state index in [0.29, 0.717) is 32.6 Å². The van der Waals surface area contributed by atoms with Crippen molar-refractivity contribution in [3.63, 3.8) is 0 Å². The fraction of sp³-hybridized carbons (Fsp3) is 0.714. The average Bonchev–Trinajstić information content (AvgIpc) is 2.37. The second-order valence-electron chi connectivity index (χ2n) is 5.14. The largest absolute Gasteiger partial charge is 0.481 e. The molecule has 0 aromatic heterocycles. The fourth-order valence-electron chi connectivity index (χ4n) is 2.36. The molecule has 1 saturated carbocycles. The topological polar surface area (TPSA) is 75.6 Å². The molecule has 1 aliphatic rings. The minimum atomic E-state index is -0.863. The lowest BCUT2D eigenvalue weighted by molar-refractivity contribution is -0.148. The van der Waals surface area contributed by atoms with Gasteiger partial charge in [-0.05, 0) is 19.8 Å². The van der Waals surface area contributed by atoms with E-state index in [9.17, 15) is 9.59 Å². The van der Waals surface area contributed by atoms with E-state index in [2.05, 4.69) is 11.9 Å². The monoisotopic (exact) mass is 269 g/mol. The molecule has 108 valence electrons. The van der Waals surface area contributed by atoms with E-state index in [4.69, 9.17) is 9.84 Å². The highest BCUT2D eigenvalue weighted by atomic mass is 16.5. The van der Waals surface area contributed by atoms with Crippen LogP contribution in [0.1, 0.15) is 32.6 Å². The number of carboxylic acid groups (broad SMARTS) is 1. The van der Waals surface area contributed by atoms with Crippen LogP contribution in [0.15, 0.2) is 12.2 Å². The van der Waals surface area contributed by atoms with Crippen molar-refractivity contribution in [2.24, 2.45) is 11.8 Å². The Morgan fingerprint density at radius 2 is 1.95 bits per heavy atom. The molecule has 0 bridgehead atoms. The van der Waals surface area contributed by atoms with Crippen LogP contribution < -0.4 is 5.32 Å². The van der Waals surface area contributed by atoms with Crippen molar-refractivity contribution >= 4 is 11.9 Å². The number of aliphatic carboxylic acids is 1. The maximum Gasteiger partial charge on any atom is 0.307 e. The number of amides is 1. The molecular weight excluding hydrogens is 246 g/mol. The predicted octanol–water partition coefficient (Wildman–Crippen LogP) is 1.59. The van der Waals surface area contributed by atoms with Crippen LogP contribution >= 0.6 is 0 Å². The molecule has 1 amide bonds. The van der Waals surface area contributed by atoms with Crippen molar-refractivity contribution in [3.05, 3.63) is 12.2 Å². The van der Waals surface area contributed by atoms with Crippen LogP contribution in [0, 0.1) is 11.8 Å². The van der Waals surface area contributed by atoms with E-state index < -0.39 is 17.8 Å². The molecule has 0 spiro atoms. The molecule has 0 unspecified atom stereocenters. The minimum Gasteiger partial charge on any atom is -0.481 e. The summed E-state index contributed by atoms with van der Waals surface area (Å²) in [5.41, 5.74) is 0.935. The molecule has 1 rings (SSSR count). The number of ether oxygens (including phenoxy) is 1. The van der Waals surface area contributed by atoms with Gasteiger partial charge in [0.2, 0.25) is 5.91 Å². The van der Waals surface area contributed by atoms with Gasteiger partial charge >= 0.3 is 5.97 Å². The van der Waals surface area contributed by atoms with Crippen LogP contribution in [0.3, 0.4) is 0 Å². The Balaban J connectivity index is 2.30. The highest BCUT2D eigenvalue weighted by Crippen LogP contribution is 2.30. The highest BCUT2D eigenvalue weighted by molar-refractivity contribution is 5.84. The summed E-state index contributed by atoms with van der Waals surface area (Å²) in [5.74, 6) is -1.96. The third kappa shape index (κ3) is 5.42. The number of carboxylic acids is 1. The maximum atomic E-state index is 12.0. The fourth-order valence-corrected chi connectivity index (χ4v) is 2.36. The van der Waals surface area contributed by atoms with Crippen molar-refractivity contribution in [1.29, 1.82) is 0 Å². The van der Waals surface area contributed by atoms with E-state index in [1.807, 2.05) is 6.92 Å². The summed E-state index contributed by atoms with van der Waals surface area (Å²) >= 11 is 0. The van der Waals surface area contributed by atoms with Crippen LogP contribution in [0.25, 0.3) is 0 Å². The summed E-state index contributed by atoms with van der Waals surface area (Å²) in [7, 11) is 0. The van der Waals surface area contributed by atoms with Crippen molar-refractivity contribution in [2.45, 2.75) is 32.6 Å². The lowest BCUT2D eigenvalue weighted by Gasteiger charge is -2.27. The summed E-state index contributed by atoms with van der Waals surface area (Å²) in [6.45, 7) is 6.90. The van der Waals surface area contributed by atoms with Crippen LogP contribution in [0.2, 0.25) is 0 Å². The van der Waals surface area contributed by atoms with Crippen molar-refractivity contribution in [3.8, 4) is 0 Å². The summed E-state index contributed by atoms with van der Waals surface area (Å²) in [4.78, 5) is 23.1. The SMILES string of the molecule is C=C(C)COCCNC(=O)[C@@H]1CCCC[C@@H]1C(=O)O. The van der Waals surface area contributed by atoms with Gasteiger partial charge in [-0.15, -0.1) is 0 Å². The highest BCUT2D eigenvalue weighted by Gasteiger charge is 2.35. The molecule has 1 aliphatic carbocycles. The van der Waals surface area contributed by atoms with Crippen LogP contribution in [0.5, 0.6) is 0 Å². The molecule has 2 atom stereocenters. The van der Waals surface area contributed by atoms with Gasteiger partial charge in [0.1, 0.15) is 0 Å². The van der Waals surface area contributed by atoms with E-state index in [1.165, 1.54) is 0 Å². The van der Waals surface area contributed by atoms with Gasteiger partial charge in [0, 0.05) is 6.54 Å². The number of hydrogen-bond acceptors (Lipinski definition) is 3. The summed E-state index contributed by atoms with van der Waals surface area (Å²) in [5, 5.41) is 11.9. The lowest BCUT2D eigenvalue weighted by Crippen LogP contribution is -2.40. The molecule has 1 fully saturated rings. The predicted molar refractivity (Wildman–Crippen MR) is 71.7 cm³/mol. The normalized spacial score (nSPS) is 22.8. The third-order valence-corrected chi connectivity index (χ3v) is 3.31. The summed E-state index contributed by atoms with van der Waals surface area (Å²) in [6.07, 6.45) is 3.07. The Labute approximate surface area is 114 Å². The molecular formula is C14H23NO4. The minimum absolute atomic E-state index is 0.161. The third-order valence-electron chi connectivity index (χ3n) is 3.31. The first-order valence-electron chi connectivity index (χ1n) is 6.75. The van der Waals surface area contributed by atoms with Gasteiger partial charge in [0.05, 0.1) is 25.0 Å². The molecule has 0 aromatic rings. The average molecular weight is 269 g/mol. The molecule has 0 aliphatic heterocycles. The molecule has 2 N–H and O–H groups in total. The Morgan fingerprint density at radius 3 is 2.53 bits per heavy atom. The van der Waals surface area contributed by atoms with Crippen LogP contribution in [-0.2, 0) is 14.3 Å². The van der Waals surface area contributed by atoms with Gasteiger partial charge in [-0.3, -0.25) is 9.59 Å². The summed E-state index contributed by atoms with van der Waals surface area (Å²) < 4.78 is 5.28. The molecule has 0 aromatic carbocycles. The van der Waals surface area contributed by atoms with Crippen molar-refractivity contribution in [2.75, 3.05) is 19.8 Å². The zero-order valence-corrected chi connectivity index (χ0v) is 11.5. The van der Waals surface area contributed by atoms with Gasteiger partial charge in [-0.1, -0.05) is 25.0 Å². The van der Waals surface area contributed by atoms with E-state index in [1.54, 1.807) is 0 Å². The molecule has 5 nitrogen and oxygen atoms in total. The first-order chi connectivity index (χ1) is 9.02. The van der Waals surface area contributed by atoms with E-state index >= 15 is 0 Å². The second-order valence-corrected chi connectivity index (χ2v) is 5.14. The zero-order chi connectivity index (χ0) is 14.3. The molecule has 0 saturated heterocycles. The Morgan fingerprint density at radius 1 is 1.32 bits per heavy atom. The number of hydrogen-bond donors (Lipinski definition) is 2. The smallest absolute Gasteiger partial charge is 0.307 e. The number of rotatable bonds is 7. The molecule has 0 heterocycles. The van der Waals surface area contributed by atoms with Crippen LogP contribution in [-0.4, -0.2) is 36.7 Å².